The summed E-state index contributed by atoms with van der Waals surface area (Å²) in [6.07, 6.45) is -1.24. The van der Waals surface area contributed by atoms with Gasteiger partial charge >= 0.3 is 15.2 Å². The molecule has 0 bridgehead atoms. The topological polar surface area (TPSA) is 229 Å². The monoisotopic (exact) mass is 571 g/mol. The highest BCUT2D eigenvalue weighted by molar-refractivity contribution is 7.70. The van der Waals surface area contributed by atoms with E-state index in [0.717, 1.165) is 25.7 Å². The molecule has 2 fully saturated rings. The number of imidazole rings is 1. The molecule has 18 heteroatoms. The van der Waals surface area contributed by atoms with Gasteiger partial charge in [0.1, 0.15) is 24.4 Å². The van der Waals surface area contributed by atoms with Gasteiger partial charge in [-0.05, 0) is 43.2 Å². The number of rotatable bonds is 9. The molecule has 5 atom stereocenters. The smallest absolute Gasteiger partial charge is 0.340 e. The second-order valence-corrected chi connectivity index (χ2v) is 13.4. The largest absolute Gasteiger partial charge is 0.393 e. The van der Waals surface area contributed by atoms with Crippen LogP contribution in [0.5, 0.6) is 0 Å². The molecule has 1 saturated carbocycles. The molecule has 1 saturated heterocycles. The predicted molar refractivity (Wildman–Crippen MR) is 125 cm³/mol. The summed E-state index contributed by atoms with van der Waals surface area (Å²) in [5, 5.41) is 37.8. The highest BCUT2D eigenvalue weighted by Crippen LogP contribution is 2.55. The molecule has 3 heterocycles. The van der Waals surface area contributed by atoms with Crippen LogP contribution in [0.1, 0.15) is 37.5 Å². The molecule has 1 aliphatic carbocycles. The third-order valence-corrected chi connectivity index (χ3v) is 9.81. The molecule has 36 heavy (non-hydrogen) atoms. The van der Waals surface area contributed by atoms with Gasteiger partial charge in [-0.3, -0.25) is 9.13 Å². The van der Waals surface area contributed by atoms with Crippen molar-refractivity contribution >= 4 is 38.3 Å². The highest BCUT2D eigenvalue weighted by atomic mass is 35.5. The van der Waals surface area contributed by atoms with Crippen LogP contribution >= 0.6 is 26.8 Å². The summed E-state index contributed by atoms with van der Waals surface area (Å²) in [4.78, 5) is 35.9. The average Bonchev–Trinajstić information content (AvgIpc) is 3.31. The molecule has 0 spiro atoms. The summed E-state index contributed by atoms with van der Waals surface area (Å²) in [7, 11) is -9.51. The lowest BCUT2D eigenvalue weighted by Gasteiger charge is -2.25. The van der Waals surface area contributed by atoms with Crippen molar-refractivity contribution in [2.45, 2.75) is 56.2 Å². The molecule has 2 aromatic heterocycles. The van der Waals surface area contributed by atoms with Crippen molar-refractivity contribution in [2.24, 2.45) is 5.92 Å². The summed E-state index contributed by atoms with van der Waals surface area (Å²) in [5.74, 6) is -0.714. The number of nitrogens with one attached hydrogen (secondary N) is 1. The molecule has 2 aromatic rings. The number of aliphatic hydroxyl groups excluding tert-OH is 3. The van der Waals surface area contributed by atoms with E-state index in [9.17, 15) is 29.3 Å². The van der Waals surface area contributed by atoms with Crippen LogP contribution in [-0.4, -0.2) is 93.1 Å². The van der Waals surface area contributed by atoms with Crippen LogP contribution in [-0.2, 0) is 18.4 Å². The minimum absolute atomic E-state index is 0.116. The van der Waals surface area contributed by atoms with Gasteiger partial charge < -0.3 is 44.6 Å². The van der Waals surface area contributed by atoms with Gasteiger partial charge in [0, 0.05) is 6.54 Å². The van der Waals surface area contributed by atoms with Gasteiger partial charge in [0.05, 0.1) is 24.6 Å². The zero-order chi connectivity index (χ0) is 26.3. The van der Waals surface area contributed by atoms with E-state index < -0.39 is 52.1 Å². The summed E-state index contributed by atoms with van der Waals surface area (Å²) in [6.45, 7) is -0.133. The van der Waals surface area contributed by atoms with Gasteiger partial charge in [0.25, 0.3) is 0 Å². The number of ether oxygens (including phenoxy) is 1. The minimum Gasteiger partial charge on any atom is -0.393 e. The molecule has 15 nitrogen and oxygen atoms in total. The van der Waals surface area contributed by atoms with Crippen LogP contribution in [0.2, 0.25) is 5.28 Å². The maximum atomic E-state index is 11.9. The number of hydrogen-bond acceptors (Lipinski definition) is 11. The van der Waals surface area contributed by atoms with Crippen molar-refractivity contribution in [1.82, 2.24) is 19.6 Å². The van der Waals surface area contributed by atoms with E-state index in [1.54, 1.807) is 0 Å². The summed E-state index contributed by atoms with van der Waals surface area (Å²) in [6, 6.07) is 0. The second kappa shape index (κ2) is 10.9. The number of aromatic nitrogens is 4. The van der Waals surface area contributed by atoms with E-state index in [-0.39, 0.29) is 22.7 Å². The Hall–Kier alpha value is -1.22. The average molecular weight is 572 g/mol. The number of anilines is 1. The Kier molecular flexibility index (Phi) is 8.40. The molecular weight excluding hydrogens is 544 g/mol. The van der Waals surface area contributed by atoms with Crippen LogP contribution in [0.15, 0.2) is 6.20 Å². The number of halogens is 1. The normalized spacial score (nSPS) is 31.0. The predicted octanol–water partition coefficient (Wildman–Crippen LogP) is 0.240. The Bertz CT molecular complexity index is 1170. The van der Waals surface area contributed by atoms with Crippen molar-refractivity contribution in [1.29, 1.82) is 0 Å². The highest BCUT2D eigenvalue weighted by Gasteiger charge is 2.46. The zero-order valence-electron chi connectivity index (χ0n) is 18.9. The van der Waals surface area contributed by atoms with Crippen LogP contribution < -0.4 is 5.32 Å². The van der Waals surface area contributed by atoms with Gasteiger partial charge in [0.15, 0.2) is 17.4 Å². The second-order valence-electron chi connectivity index (χ2n) is 9.02. The molecule has 0 aromatic carbocycles. The lowest BCUT2D eigenvalue weighted by Crippen LogP contribution is -2.33. The number of fused-ring (bicyclic) bond motifs is 1. The van der Waals surface area contributed by atoms with E-state index in [1.165, 1.54) is 10.7 Å². The zero-order valence-corrected chi connectivity index (χ0v) is 21.4. The van der Waals surface area contributed by atoms with Crippen molar-refractivity contribution in [3.63, 3.8) is 0 Å². The van der Waals surface area contributed by atoms with E-state index in [0.29, 0.717) is 18.3 Å². The van der Waals surface area contributed by atoms with Gasteiger partial charge in [-0.2, -0.15) is 4.98 Å². The fraction of sp³-hybridized carbons (Fsp3) is 0.722. The Balaban J connectivity index is 1.48. The van der Waals surface area contributed by atoms with Crippen molar-refractivity contribution in [2.75, 3.05) is 24.4 Å². The first-order valence-corrected chi connectivity index (χ1v) is 15.1. The van der Waals surface area contributed by atoms with E-state index in [4.69, 9.17) is 30.6 Å². The lowest BCUT2D eigenvalue weighted by atomic mass is 9.87. The molecule has 202 valence electrons. The van der Waals surface area contributed by atoms with Crippen LogP contribution in [0.25, 0.3) is 5.65 Å². The van der Waals surface area contributed by atoms with Crippen molar-refractivity contribution in [3.8, 4) is 0 Å². The SMILES string of the molecule is O=P(O)(O)CP(=O)(O)OCC1OC(c2cnc3c(NCC4CCC(O)CC4)nc(Cl)nn23)C(O)C1O. The van der Waals surface area contributed by atoms with Gasteiger partial charge in [-0.1, -0.05) is 0 Å². The molecule has 4 rings (SSSR count). The molecule has 2 aliphatic rings. The lowest BCUT2D eigenvalue weighted by molar-refractivity contribution is -0.0204. The third kappa shape index (κ3) is 6.61. The van der Waals surface area contributed by atoms with Crippen LogP contribution in [0.3, 0.4) is 0 Å². The Morgan fingerprint density at radius 3 is 2.50 bits per heavy atom. The number of nitrogens with zero attached hydrogens (tertiary/aromatic N) is 4. The maximum Gasteiger partial charge on any atom is 0.340 e. The van der Waals surface area contributed by atoms with E-state index in [1.807, 2.05) is 0 Å². The first-order chi connectivity index (χ1) is 16.8. The number of aliphatic hydroxyl groups is 3. The van der Waals surface area contributed by atoms with E-state index >= 15 is 0 Å². The summed E-state index contributed by atoms with van der Waals surface area (Å²) < 4.78 is 34.6. The summed E-state index contributed by atoms with van der Waals surface area (Å²) >= 11 is 6.11. The molecule has 7 N–H and O–H groups in total. The Morgan fingerprint density at radius 2 is 1.83 bits per heavy atom. The fourth-order valence-corrected chi connectivity index (χ4v) is 7.10. The van der Waals surface area contributed by atoms with Crippen molar-refractivity contribution in [3.05, 3.63) is 17.2 Å². The minimum atomic E-state index is -4.83. The molecule has 0 radical (unpaired) electrons. The molecule has 5 unspecified atom stereocenters. The van der Waals surface area contributed by atoms with Gasteiger partial charge in [0.2, 0.25) is 5.28 Å². The Labute approximate surface area is 210 Å². The van der Waals surface area contributed by atoms with Crippen molar-refractivity contribution < 1.29 is 48.4 Å². The summed E-state index contributed by atoms with van der Waals surface area (Å²) in [5.41, 5.74) is 0.506. The standard InChI is InChI=1S/C18H28ClN5O10P2/c19-18-22-16(20-5-9-1-3-10(25)4-2-9)17-21-6-11(24(17)23-18)15-14(27)13(26)12(34-15)7-33-36(31,32)8-35(28,29)30/h6,9-10,12-15,25-27H,1-5,7-8H2,(H,31,32)(H,20,22,23)(H2,28,29,30). The van der Waals surface area contributed by atoms with Crippen LogP contribution in [0, 0.1) is 5.92 Å². The fourth-order valence-electron chi connectivity index (χ4n) is 4.37. The third-order valence-electron chi connectivity index (χ3n) is 6.19. The molecule has 1 aliphatic heterocycles. The van der Waals surface area contributed by atoms with Crippen LogP contribution in [0.4, 0.5) is 5.82 Å². The van der Waals surface area contributed by atoms with E-state index in [2.05, 4.69) is 20.4 Å². The number of hydrogen-bond donors (Lipinski definition) is 7. The molecule has 0 amide bonds. The first-order valence-electron chi connectivity index (χ1n) is 11.2. The Morgan fingerprint density at radius 1 is 1.14 bits per heavy atom. The van der Waals surface area contributed by atoms with Gasteiger partial charge in [-0.15, -0.1) is 5.10 Å². The molecular formula is C18H28ClN5O10P2. The first kappa shape index (κ1) is 27.8. The maximum absolute atomic E-state index is 11.9. The quantitative estimate of drug-likeness (QED) is 0.200. The van der Waals surface area contributed by atoms with Gasteiger partial charge in [-0.25, -0.2) is 9.50 Å².